The van der Waals surface area contributed by atoms with Gasteiger partial charge in [0.1, 0.15) is 17.2 Å². The van der Waals surface area contributed by atoms with E-state index in [1.165, 1.54) is 0 Å². The summed E-state index contributed by atoms with van der Waals surface area (Å²) < 4.78 is 16.0. The number of rotatable bonds is 6. The number of nitrogens with zero attached hydrogens (tertiary/aromatic N) is 2. The Balaban J connectivity index is 1.89. The molecule has 0 radical (unpaired) electrons. The predicted molar refractivity (Wildman–Crippen MR) is 97.8 cm³/mol. The Kier molecular flexibility index (Phi) is 4.91. The van der Waals surface area contributed by atoms with Crippen LogP contribution >= 0.6 is 0 Å². The fourth-order valence-electron chi connectivity index (χ4n) is 3.24. The number of aromatic amines is 1. The number of aromatic nitrogens is 2. The van der Waals surface area contributed by atoms with Crippen molar-refractivity contribution in [3.8, 4) is 22.8 Å². The van der Waals surface area contributed by atoms with Gasteiger partial charge >= 0.3 is 0 Å². The Labute approximate surface area is 153 Å². The van der Waals surface area contributed by atoms with Crippen LogP contribution in [0.1, 0.15) is 23.0 Å². The summed E-state index contributed by atoms with van der Waals surface area (Å²) in [5, 5.41) is 7.27. The summed E-state index contributed by atoms with van der Waals surface area (Å²) in [5.41, 5.74) is 2.74. The summed E-state index contributed by atoms with van der Waals surface area (Å²) in [6, 6.07) is 5.51. The molecule has 2 aromatic rings. The minimum absolute atomic E-state index is 0.0250. The molecule has 1 aromatic carbocycles. The van der Waals surface area contributed by atoms with Crippen LogP contribution in [-0.2, 0) is 4.74 Å². The van der Waals surface area contributed by atoms with Crippen molar-refractivity contribution in [2.24, 2.45) is 5.41 Å². The number of amides is 1. The van der Waals surface area contributed by atoms with Crippen molar-refractivity contribution in [3.63, 3.8) is 0 Å². The highest BCUT2D eigenvalue weighted by Gasteiger charge is 2.36. The third-order valence-corrected chi connectivity index (χ3v) is 4.75. The van der Waals surface area contributed by atoms with Gasteiger partial charge < -0.3 is 19.1 Å². The average molecular weight is 359 g/mol. The molecule has 140 valence electrons. The molecule has 7 heteroatoms. The second-order valence-electron chi connectivity index (χ2n) is 7.10. The van der Waals surface area contributed by atoms with E-state index in [2.05, 4.69) is 17.1 Å². The molecule has 2 heterocycles. The number of hydrogen-bond acceptors (Lipinski definition) is 5. The zero-order valence-corrected chi connectivity index (χ0v) is 15.9. The highest BCUT2D eigenvalue weighted by molar-refractivity contribution is 5.95. The Bertz CT molecular complexity index is 811. The number of nitrogens with one attached hydrogen (secondary N) is 1. The van der Waals surface area contributed by atoms with Crippen molar-refractivity contribution in [3.05, 3.63) is 29.5 Å². The van der Waals surface area contributed by atoms with Crippen molar-refractivity contribution in [2.75, 3.05) is 41.0 Å². The maximum absolute atomic E-state index is 12.9. The number of carbonyl (C=O) groups is 1. The number of carbonyl (C=O) groups excluding carboxylic acids is 1. The average Bonchev–Trinajstić information content (AvgIpc) is 3.00. The van der Waals surface area contributed by atoms with E-state index in [1.54, 1.807) is 26.2 Å². The quantitative estimate of drug-likeness (QED) is 0.858. The van der Waals surface area contributed by atoms with Gasteiger partial charge in [0.15, 0.2) is 0 Å². The van der Waals surface area contributed by atoms with Gasteiger partial charge in [-0.3, -0.25) is 9.89 Å². The van der Waals surface area contributed by atoms with E-state index in [0.717, 1.165) is 11.1 Å². The Hall–Kier alpha value is -2.54. The first-order valence-electron chi connectivity index (χ1n) is 8.49. The molecule has 0 atom stereocenters. The first kappa shape index (κ1) is 18.3. The first-order chi connectivity index (χ1) is 12.4. The third-order valence-electron chi connectivity index (χ3n) is 4.75. The van der Waals surface area contributed by atoms with Crippen LogP contribution in [0.2, 0.25) is 0 Å². The smallest absolute Gasteiger partial charge is 0.271 e. The zero-order valence-electron chi connectivity index (χ0n) is 15.9. The molecular weight excluding hydrogens is 334 g/mol. The van der Waals surface area contributed by atoms with Crippen molar-refractivity contribution in [1.29, 1.82) is 0 Å². The van der Waals surface area contributed by atoms with Gasteiger partial charge in [-0.1, -0.05) is 6.92 Å². The van der Waals surface area contributed by atoms with E-state index < -0.39 is 0 Å². The summed E-state index contributed by atoms with van der Waals surface area (Å²) in [6.07, 6.45) is 0. The minimum atomic E-state index is -0.0868. The molecule has 0 bridgehead atoms. The molecular formula is C19H25N3O4. The summed E-state index contributed by atoms with van der Waals surface area (Å²) >= 11 is 0. The SMILES string of the molecule is COc1ccc(OC)c(-c2n[nH]c(C(=O)N(C)CC3(C)COC3)c2C)c1. The van der Waals surface area contributed by atoms with Crippen LogP contribution in [0, 0.1) is 12.3 Å². The highest BCUT2D eigenvalue weighted by Crippen LogP contribution is 2.35. The van der Waals surface area contributed by atoms with E-state index in [9.17, 15) is 4.79 Å². The van der Waals surface area contributed by atoms with E-state index in [1.807, 2.05) is 25.1 Å². The lowest BCUT2D eigenvalue weighted by Crippen LogP contribution is -2.49. The molecule has 1 saturated heterocycles. The molecule has 0 unspecified atom stereocenters. The van der Waals surface area contributed by atoms with Crippen LogP contribution in [-0.4, -0.2) is 62.0 Å². The maximum Gasteiger partial charge on any atom is 0.271 e. The van der Waals surface area contributed by atoms with Crippen molar-refractivity contribution < 1.29 is 19.0 Å². The molecule has 0 spiro atoms. The summed E-state index contributed by atoms with van der Waals surface area (Å²) in [5.74, 6) is 1.29. The molecule has 7 nitrogen and oxygen atoms in total. The lowest BCUT2D eigenvalue weighted by molar-refractivity contribution is -0.109. The van der Waals surface area contributed by atoms with Crippen LogP contribution in [0.4, 0.5) is 0 Å². The number of H-pyrrole nitrogens is 1. The molecule has 1 aliphatic rings. The van der Waals surface area contributed by atoms with Crippen LogP contribution in [0.25, 0.3) is 11.3 Å². The van der Waals surface area contributed by atoms with Gasteiger partial charge in [0.05, 0.1) is 33.1 Å². The van der Waals surface area contributed by atoms with Gasteiger partial charge in [-0.15, -0.1) is 0 Å². The second kappa shape index (κ2) is 6.99. The molecule has 26 heavy (non-hydrogen) atoms. The van der Waals surface area contributed by atoms with E-state index >= 15 is 0 Å². The Morgan fingerprint density at radius 2 is 2.08 bits per heavy atom. The number of benzene rings is 1. The van der Waals surface area contributed by atoms with Crippen molar-refractivity contribution >= 4 is 5.91 Å². The largest absolute Gasteiger partial charge is 0.497 e. The highest BCUT2D eigenvalue weighted by atomic mass is 16.5. The van der Waals surface area contributed by atoms with Crippen LogP contribution in [0.3, 0.4) is 0 Å². The normalized spacial score (nSPS) is 15.3. The molecule has 0 aliphatic carbocycles. The Morgan fingerprint density at radius 3 is 2.65 bits per heavy atom. The monoisotopic (exact) mass is 359 g/mol. The van der Waals surface area contributed by atoms with E-state index in [0.29, 0.717) is 42.6 Å². The standard InChI is InChI=1S/C19H25N3O4/c1-12-16(14-8-13(24-4)6-7-15(14)25-5)20-21-17(12)18(23)22(3)9-19(2)10-26-11-19/h6-8H,9-11H2,1-5H3,(H,20,21). The number of hydrogen-bond donors (Lipinski definition) is 1. The van der Waals surface area contributed by atoms with Gasteiger partial charge in [0.25, 0.3) is 5.91 Å². The van der Waals surface area contributed by atoms with Crippen molar-refractivity contribution in [1.82, 2.24) is 15.1 Å². The molecule has 0 saturated carbocycles. The van der Waals surface area contributed by atoms with E-state index in [-0.39, 0.29) is 11.3 Å². The lowest BCUT2D eigenvalue weighted by atomic mass is 9.88. The van der Waals surface area contributed by atoms with Gasteiger partial charge in [0.2, 0.25) is 0 Å². The van der Waals surface area contributed by atoms with Crippen LogP contribution in [0.5, 0.6) is 11.5 Å². The van der Waals surface area contributed by atoms with Crippen LogP contribution in [0.15, 0.2) is 18.2 Å². The molecule has 1 aliphatic heterocycles. The molecule has 1 N–H and O–H groups in total. The fourth-order valence-corrected chi connectivity index (χ4v) is 3.24. The number of methoxy groups -OCH3 is 2. The lowest BCUT2D eigenvalue weighted by Gasteiger charge is -2.40. The topological polar surface area (TPSA) is 76.7 Å². The summed E-state index contributed by atoms with van der Waals surface area (Å²) in [6.45, 7) is 6.00. The predicted octanol–water partition coefficient (Wildman–Crippen LogP) is 2.51. The summed E-state index contributed by atoms with van der Waals surface area (Å²) in [4.78, 5) is 14.6. The van der Waals surface area contributed by atoms with Gasteiger partial charge in [-0.05, 0) is 25.1 Å². The van der Waals surface area contributed by atoms with E-state index in [4.69, 9.17) is 14.2 Å². The molecule has 3 rings (SSSR count). The first-order valence-corrected chi connectivity index (χ1v) is 8.49. The summed E-state index contributed by atoms with van der Waals surface area (Å²) in [7, 11) is 5.02. The fraction of sp³-hybridized carbons (Fsp3) is 0.474. The van der Waals surface area contributed by atoms with Gasteiger partial charge in [-0.2, -0.15) is 5.10 Å². The minimum Gasteiger partial charge on any atom is -0.497 e. The van der Waals surface area contributed by atoms with Crippen LogP contribution < -0.4 is 9.47 Å². The Morgan fingerprint density at radius 1 is 1.35 bits per heavy atom. The number of ether oxygens (including phenoxy) is 3. The maximum atomic E-state index is 12.9. The second-order valence-corrected chi connectivity index (χ2v) is 7.10. The molecule has 1 amide bonds. The van der Waals surface area contributed by atoms with Crippen molar-refractivity contribution in [2.45, 2.75) is 13.8 Å². The van der Waals surface area contributed by atoms with Gasteiger partial charge in [-0.25, -0.2) is 0 Å². The molecule has 1 aromatic heterocycles. The third kappa shape index (κ3) is 3.26. The zero-order chi connectivity index (χ0) is 18.9. The molecule has 1 fully saturated rings. The van der Waals surface area contributed by atoms with Gasteiger partial charge in [0, 0.05) is 30.1 Å².